The number of nitriles is 1. The van der Waals surface area contributed by atoms with E-state index in [0.29, 0.717) is 23.4 Å². The highest BCUT2D eigenvalue weighted by molar-refractivity contribution is 8.00. The first-order valence-corrected chi connectivity index (χ1v) is 11.1. The van der Waals surface area contributed by atoms with Crippen molar-refractivity contribution in [1.82, 2.24) is 9.47 Å². The Morgan fingerprint density at radius 1 is 1.18 bits per heavy atom. The summed E-state index contributed by atoms with van der Waals surface area (Å²) in [6.07, 6.45) is -4.94. The van der Waals surface area contributed by atoms with Gasteiger partial charge < -0.3 is 25.8 Å². The maximum absolute atomic E-state index is 12.0. The number of hydrogen-bond donors (Lipinski definition) is 3. The Morgan fingerprint density at radius 2 is 1.74 bits per heavy atom. The molecule has 0 unspecified atom stereocenters. The highest BCUT2D eigenvalue weighted by atomic mass is 32.2. The van der Waals surface area contributed by atoms with Crippen LogP contribution in [-0.2, 0) is 25.7 Å². The van der Waals surface area contributed by atoms with E-state index in [0.717, 1.165) is 5.65 Å². The van der Waals surface area contributed by atoms with Gasteiger partial charge in [-0.05, 0) is 6.07 Å². The molecule has 2 aromatic rings. The van der Waals surface area contributed by atoms with E-state index in [1.165, 1.54) is 16.7 Å². The zero-order valence-electron chi connectivity index (χ0n) is 18.9. The lowest BCUT2D eigenvalue weighted by molar-refractivity contribution is -0.510. The van der Waals surface area contributed by atoms with Crippen molar-refractivity contribution in [3.63, 3.8) is 0 Å². The number of nitrogens with two attached hydrogens (primary N) is 1. The molecule has 0 spiro atoms. The van der Waals surface area contributed by atoms with E-state index in [1.807, 2.05) is 21.2 Å². The van der Waals surface area contributed by atoms with E-state index in [-0.39, 0.29) is 17.0 Å². The van der Waals surface area contributed by atoms with Crippen LogP contribution in [0.15, 0.2) is 42.0 Å². The van der Waals surface area contributed by atoms with E-state index in [9.17, 15) is 41.0 Å². The van der Waals surface area contributed by atoms with Crippen LogP contribution in [-0.4, -0.2) is 73.0 Å². The van der Waals surface area contributed by atoms with Gasteiger partial charge in [0.1, 0.15) is 54.3 Å². The van der Waals surface area contributed by atoms with Crippen LogP contribution in [0.25, 0.3) is 5.65 Å². The Balaban J connectivity index is 0.000000317. The number of hydrogen-bond acceptors (Lipinski definition) is 8. The van der Waals surface area contributed by atoms with Crippen molar-refractivity contribution >= 4 is 41.2 Å². The topological polar surface area (TPSA) is 194 Å². The molecule has 2 aliphatic rings. The van der Waals surface area contributed by atoms with E-state index in [4.69, 9.17) is 30.8 Å². The van der Waals surface area contributed by atoms with Gasteiger partial charge in [-0.15, -0.1) is 11.8 Å². The lowest BCUT2D eigenvalue weighted by Gasteiger charge is -2.47. The van der Waals surface area contributed by atoms with Crippen LogP contribution in [0.5, 0.6) is 0 Å². The van der Waals surface area contributed by atoms with Crippen LogP contribution in [0, 0.1) is 11.3 Å². The number of aromatic nitrogens is 2. The van der Waals surface area contributed by atoms with Crippen LogP contribution < -0.4 is 15.2 Å². The average Bonchev–Trinajstić information content (AvgIpc) is 3.24. The maximum atomic E-state index is 12.0. The minimum Gasteiger partial charge on any atom is -0.542 e. The normalized spacial score (nSPS) is 18.5. The molecular weight excluding hydrogens is 568 g/mol. The Labute approximate surface area is 217 Å². The maximum Gasteiger partial charge on any atom is 0.490 e. The predicted molar refractivity (Wildman–Crippen MR) is 113 cm³/mol. The van der Waals surface area contributed by atoms with Crippen molar-refractivity contribution in [3.05, 3.63) is 47.6 Å². The van der Waals surface area contributed by atoms with Gasteiger partial charge >= 0.3 is 24.3 Å². The third kappa shape index (κ3) is 7.17. The molecular formula is C20H15F6N5O7S. The molecule has 1 fully saturated rings. The minimum atomic E-state index is -5.19. The van der Waals surface area contributed by atoms with Gasteiger partial charge in [-0.25, -0.2) is 18.6 Å². The summed E-state index contributed by atoms with van der Waals surface area (Å²) in [6, 6.07) is 4.97. The number of nitrogens with zero attached hydrogens (tertiary/aromatic N) is 4. The van der Waals surface area contributed by atoms with E-state index < -0.39 is 36.3 Å². The summed E-state index contributed by atoms with van der Waals surface area (Å²) < 4.78 is 67.0. The second kappa shape index (κ2) is 11.6. The Hall–Kier alpha value is -4.31. The molecule has 1 amide bonds. The number of rotatable bonds is 3. The van der Waals surface area contributed by atoms with Crippen molar-refractivity contribution in [2.45, 2.75) is 30.3 Å². The summed E-state index contributed by atoms with van der Waals surface area (Å²) >= 11 is 1.48. The number of amides is 1. The van der Waals surface area contributed by atoms with Gasteiger partial charge in [-0.3, -0.25) is 9.69 Å². The highest BCUT2D eigenvalue weighted by Crippen LogP contribution is 2.39. The molecule has 2 aliphatic heterocycles. The van der Waals surface area contributed by atoms with Gasteiger partial charge in [-0.1, -0.05) is 0 Å². The second-order valence-electron chi connectivity index (χ2n) is 7.50. The van der Waals surface area contributed by atoms with Crippen LogP contribution in [0.4, 0.5) is 26.3 Å². The molecule has 210 valence electrons. The predicted octanol–water partition coefficient (Wildman–Crippen LogP) is -0.389. The van der Waals surface area contributed by atoms with Crippen molar-refractivity contribution in [2.75, 3.05) is 5.75 Å². The summed E-state index contributed by atoms with van der Waals surface area (Å²) in [5.74, 6) is -6.72. The van der Waals surface area contributed by atoms with Crippen molar-refractivity contribution < 1.29 is 65.2 Å². The van der Waals surface area contributed by atoms with Gasteiger partial charge in [0.25, 0.3) is 5.65 Å². The SMILES string of the molecule is N#Cc1ccc2n(CC3=C(C(=O)O)N4C(=O)[C@@H](N)[C@@H]4SC3)cc[n+]2c1.O=C(O)C(F)(F)F.O=C([O-])C(F)(F)F. The fourth-order valence-corrected chi connectivity index (χ4v) is 4.49. The molecule has 0 saturated carbocycles. The summed E-state index contributed by atoms with van der Waals surface area (Å²) in [5.41, 5.74) is 7.83. The van der Waals surface area contributed by atoms with Gasteiger partial charge in [0, 0.05) is 17.4 Å². The Bertz CT molecular complexity index is 1360. The standard InChI is InChI=1S/C16H13N5O3S.2C2HF3O2/c17-5-9-1-2-11-19(6-9)3-4-20(11)7-10-8-25-15-12(18)14(22)21(15)13(10)16(23)24;2*3-2(4,5)1(6)7/h1-4,6,12,15H,7-8,18H2;2*(H,6,7)/t12-,15+;;/m1../s1. The van der Waals surface area contributed by atoms with E-state index in [1.54, 1.807) is 18.5 Å². The average molecular weight is 583 g/mol. The second-order valence-corrected chi connectivity index (χ2v) is 8.61. The zero-order chi connectivity index (χ0) is 29.9. The number of fused-ring (bicyclic) bond motifs is 2. The van der Waals surface area contributed by atoms with Crippen molar-refractivity contribution in [3.8, 4) is 6.07 Å². The van der Waals surface area contributed by atoms with Gasteiger partial charge in [0.05, 0.1) is 5.56 Å². The van der Waals surface area contributed by atoms with Crippen LogP contribution in [0.3, 0.4) is 0 Å². The fourth-order valence-electron chi connectivity index (χ4n) is 3.21. The Morgan fingerprint density at radius 3 is 2.21 bits per heavy atom. The summed E-state index contributed by atoms with van der Waals surface area (Å²) in [7, 11) is 0. The molecule has 12 nitrogen and oxygen atoms in total. The van der Waals surface area contributed by atoms with Gasteiger partial charge in [-0.2, -0.15) is 31.6 Å². The molecule has 0 aromatic carbocycles. The number of carbonyl (C=O) groups is 4. The molecule has 0 aliphatic carbocycles. The number of halogens is 6. The molecule has 2 aromatic heterocycles. The number of carboxylic acid groups (broad SMARTS) is 3. The van der Waals surface area contributed by atoms with Gasteiger partial charge in [0.2, 0.25) is 5.91 Å². The smallest absolute Gasteiger partial charge is 0.490 e. The number of imidazole rings is 1. The van der Waals surface area contributed by atoms with Gasteiger partial charge in [0.15, 0.2) is 0 Å². The largest absolute Gasteiger partial charge is 0.542 e. The lowest BCUT2D eigenvalue weighted by atomic mass is 10.0. The number of pyridine rings is 1. The van der Waals surface area contributed by atoms with E-state index in [2.05, 4.69) is 6.07 Å². The van der Waals surface area contributed by atoms with Crippen LogP contribution >= 0.6 is 11.8 Å². The first kappa shape index (κ1) is 30.9. The number of carbonyl (C=O) groups excluding carboxylic acids is 2. The molecule has 4 rings (SSSR count). The highest BCUT2D eigenvalue weighted by Gasteiger charge is 2.52. The van der Waals surface area contributed by atoms with E-state index >= 15 is 0 Å². The lowest BCUT2D eigenvalue weighted by Crippen LogP contribution is -2.68. The molecule has 1 saturated heterocycles. The summed E-state index contributed by atoms with van der Waals surface area (Å²) in [4.78, 5) is 42.7. The number of β-lactam (4-membered cyclic amide) rings is 1. The van der Waals surface area contributed by atoms with Crippen LogP contribution in [0.2, 0.25) is 0 Å². The fraction of sp³-hybridized carbons (Fsp3) is 0.300. The number of alkyl halides is 6. The number of thioether (sulfide) groups is 1. The minimum absolute atomic E-state index is 0.0379. The number of carboxylic acids is 3. The molecule has 2 atom stereocenters. The number of aliphatic carboxylic acids is 3. The molecule has 0 bridgehead atoms. The van der Waals surface area contributed by atoms with Crippen molar-refractivity contribution in [1.29, 1.82) is 5.26 Å². The Kier molecular flexibility index (Phi) is 9.20. The summed E-state index contributed by atoms with van der Waals surface area (Å²) in [6.45, 7) is 0.350. The third-order valence-electron chi connectivity index (χ3n) is 4.91. The molecule has 4 N–H and O–H groups in total. The van der Waals surface area contributed by atoms with Crippen LogP contribution in [0.1, 0.15) is 5.56 Å². The molecule has 19 heteroatoms. The quantitative estimate of drug-likeness (QED) is 0.243. The molecule has 4 heterocycles. The zero-order valence-corrected chi connectivity index (χ0v) is 19.8. The monoisotopic (exact) mass is 583 g/mol. The molecule has 0 radical (unpaired) electrons. The summed E-state index contributed by atoms with van der Waals surface area (Å²) in [5, 5.41) is 34.2. The molecule has 39 heavy (non-hydrogen) atoms. The third-order valence-corrected chi connectivity index (χ3v) is 6.27. The first-order chi connectivity index (χ1) is 17.9. The first-order valence-electron chi connectivity index (χ1n) is 10.0. The van der Waals surface area contributed by atoms with Crippen molar-refractivity contribution in [2.24, 2.45) is 5.73 Å².